The molecule has 2 saturated heterocycles. The Balaban J connectivity index is 1.78. The van der Waals surface area contributed by atoms with Gasteiger partial charge >= 0.3 is 0 Å². The highest BCUT2D eigenvalue weighted by Crippen LogP contribution is 2.28. The van der Waals surface area contributed by atoms with Crippen LogP contribution in [0.5, 0.6) is 0 Å². The lowest BCUT2D eigenvalue weighted by molar-refractivity contribution is 0.0439. The number of H-pyrrole nitrogens is 1. The molecule has 114 valence electrons. The molecule has 3 rings (SSSR count). The van der Waals surface area contributed by atoms with Crippen LogP contribution in [-0.2, 0) is 16.4 Å². The lowest BCUT2D eigenvalue weighted by Crippen LogP contribution is -2.58. The third-order valence-corrected chi connectivity index (χ3v) is 6.26. The van der Waals surface area contributed by atoms with Gasteiger partial charge in [0.1, 0.15) is 11.8 Å². The minimum absolute atomic E-state index is 0.0733. The second-order valence-electron chi connectivity index (χ2n) is 5.84. The zero-order valence-corrected chi connectivity index (χ0v) is 12.9. The van der Waals surface area contributed by atoms with E-state index in [1.807, 2.05) is 12.3 Å². The second kappa shape index (κ2) is 5.44. The first-order valence-electron chi connectivity index (χ1n) is 7.28. The Bertz CT molecular complexity index is 661. The first kappa shape index (κ1) is 14.6. The summed E-state index contributed by atoms with van der Waals surface area (Å²) in [7, 11) is -2.94. The minimum Gasteiger partial charge on any atom is -0.353 e. The highest BCUT2D eigenvalue weighted by Gasteiger charge is 2.45. The Hall–Kier alpha value is -1.36. The molecule has 3 heterocycles. The van der Waals surface area contributed by atoms with Gasteiger partial charge in [-0.1, -0.05) is 6.92 Å². The number of hydrogen-bond acceptors (Lipinski definition) is 5. The van der Waals surface area contributed by atoms with E-state index in [1.54, 1.807) is 0 Å². The van der Waals surface area contributed by atoms with Gasteiger partial charge in [0, 0.05) is 37.9 Å². The smallest absolute Gasteiger partial charge is 0.153 e. The van der Waals surface area contributed by atoms with Crippen LogP contribution in [0.2, 0.25) is 0 Å². The Morgan fingerprint density at radius 3 is 2.62 bits per heavy atom. The minimum atomic E-state index is -2.94. The monoisotopic (exact) mass is 308 g/mol. The number of aromatic amines is 1. The number of hydrogen-bond donors (Lipinski definition) is 1. The Morgan fingerprint density at radius 1 is 1.33 bits per heavy atom. The molecular weight excluding hydrogens is 288 g/mol. The van der Waals surface area contributed by atoms with E-state index < -0.39 is 9.84 Å². The van der Waals surface area contributed by atoms with Crippen molar-refractivity contribution in [2.75, 3.05) is 31.1 Å². The Kier molecular flexibility index (Phi) is 3.78. The van der Waals surface area contributed by atoms with Crippen molar-refractivity contribution < 1.29 is 8.42 Å². The maximum Gasteiger partial charge on any atom is 0.153 e. The van der Waals surface area contributed by atoms with E-state index >= 15 is 0 Å². The van der Waals surface area contributed by atoms with Gasteiger partial charge in [0.25, 0.3) is 0 Å². The van der Waals surface area contributed by atoms with Crippen LogP contribution in [-0.4, -0.2) is 66.4 Å². The lowest BCUT2D eigenvalue weighted by Gasteiger charge is -2.43. The van der Waals surface area contributed by atoms with Crippen LogP contribution in [0.4, 0.5) is 0 Å². The summed E-state index contributed by atoms with van der Waals surface area (Å²) in [5.41, 5.74) is 1.59. The topological polar surface area (TPSA) is 80.2 Å². The van der Waals surface area contributed by atoms with Gasteiger partial charge in [-0.3, -0.25) is 9.80 Å². The third kappa shape index (κ3) is 2.84. The van der Waals surface area contributed by atoms with E-state index in [1.165, 1.54) is 0 Å². The molecule has 0 unspecified atom stereocenters. The van der Waals surface area contributed by atoms with Crippen molar-refractivity contribution in [3.05, 3.63) is 23.5 Å². The molecule has 2 aliphatic heterocycles. The van der Waals surface area contributed by atoms with Crippen molar-refractivity contribution in [3.63, 3.8) is 0 Å². The molecule has 2 atom stereocenters. The molecule has 1 N–H and O–H groups in total. The zero-order valence-electron chi connectivity index (χ0n) is 12.1. The summed E-state index contributed by atoms with van der Waals surface area (Å²) in [6, 6.07) is 4.11. The van der Waals surface area contributed by atoms with Gasteiger partial charge < -0.3 is 4.98 Å². The van der Waals surface area contributed by atoms with Crippen molar-refractivity contribution >= 4 is 9.84 Å². The highest BCUT2D eigenvalue weighted by molar-refractivity contribution is 7.91. The normalized spacial score (nSPS) is 29.1. The number of nitrogens with one attached hydrogen (secondary N) is 1. The number of nitriles is 1. The molecular formula is C14H20N4O2S. The molecule has 0 bridgehead atoms. The van der Waals surface area contributed by atoms with E-state index in [9.17, 15) is 8.42 Å². The third-order valence-electron chi connectivity index (χ3n) is 4.56. The van der Waals surface area contributed by atoms with Gasteiger partial charge in [-0.05, 0) is 18.2 Å². The van der Waals surface area contributed by atoms with Crippen LogP contribution >= 0.6 is 0 Å². The number of fused-ring (bicyclic) bond motifs is 1. The van der Waals surface area contributed by atoms with Gasteiger partial charge in [0.2, 0.25) is 0 Å². The van der Waals surface area contributed by atoms with E-state index in [-0.39, 0.29) is 23.6 Å². The maximum absolute atomic E-state index is 12.0. The summed E-state index contributed by atoms with van der Waals surface area (Å²) in [6.07, 6.45) is 1.84. The van der Waals surface area contributed by atoms with Gasteiger partial charge in [-0.25, -0.2) is 8.42 Å². The predicted molar refractivity (Wildman–Crippen MR) is 79.4 cm³/mol. The number of nitrogens with zero attached hydrogens (tertiary/aromatic N) is 3. The van der Waals surface area contributed by atoms with Crippen LogP contribution in [0.15, 0.2) is 12.3 Å². The van der Waals surface area contributed by atoms with Crippen molar-refractivity contribution in [2.24, 2.45) is 0 Å². The van der Waals surface area contributed by atoms with Crippen molar-refractivity contribution in [1.29, 1.82) is 5.26 Å². The number of sulfone groups is 1. The maximum atomic E-state index is 12.0. The van der Waals surface area contributed by atoms with Gasteiger partial charge in [0.05, 0.1) is 11.5 Å². The van der Waals surface area contributed by atoms with Crippen molar-refractivity contribution in [3.8, 4) is 6.07 Å². The van der Waals surface area contributed by atoms with Crippen LogP contribution in [0.1, 0.15) is 18.2 Å². The molecule has 1 aromatic heterocycles. The first-order valence-corrected chi connectivity index (χ1v) is 9.10. The molecule has 21 heavy (non-hydrogen) atoms. The average Bonchev–Trinajstić information content (AvgIpc) is 3.02. The first-order chi connectivity index (χ1) is 10.0. The molecule has 2 aliphatic rings. The lowest BCUT2D eigenvalue weighted by atomic mass is 10.0. The molecule has 0 spiro atoms. The molecule has 1 aromatic rings. The quantitative estimate of drug-likeness (QED) is 0.862. The van der Waals surface area contributed by atoms with Gasteiger partial charge in [0.15, 0.2) is 9.84 Å². The van der Waals surface area contributed by atoms with Crippen LogP contribution in [0.25, 0.3) is 0 Å². The zero-order chi connectivity index (χ0) is 15.0. The van der Waals surface area contributed by atoms with E-state index in [4.69, 9.17) is 5.26 Å². The molecule has 0 aromatic carbocycles. The fourth-order valence-corrected chi connectivity index (χ4v) is 5.56. The van der Waals surface area contributed by atoms with Crippen molar-refractivity contribution in [2.45, 2.75) is 25.6 Å². The molecule has 0 aliphatic carbocycles. The number of piperazine rings is 1. The summed E-state index contributed by atoms with van der Waals surface area (Å²) in [5.74, 6) is 0.530. The molecule has 2 fully saturated rings. The number of rotatable bonds is 3. The van der Waals surface area contributed by atoms with Crippen LogP contribution in [0, 0.1) is 11.3 Å². The molecule has 0 saturated carbocycles. The summed E-state index contributed by atoms with van der Waals surface area (Å²) < 4.78 is 24.0. The summed E-state index contributed by atoms with van der Waals surface area (Å²) in [6.45, 7) is 5.46. The standard InChI is InChI=1S/C14H20N4O2S/c1-2-17-3-4-18(8-11-5-12(6-15)16-7-11)14-10-21(19,20)9-13(14)17/h5,7,13-14,16H,2-4,8-10H2,1H3/t13-,14+/m0/s1. The van der Waals surface area contributed by atoms with Gasteiger partial charge in [-0.15, -0.1) is 0 Å². The van der Waals surface area contributed by atoms with E-state index in [0.29, 0.717) is 12.2 Å². The largest absolute Gasteiger partial charge is 0.353 e. The number of aromatic nitrogens is 1. The summed E-state index contributed by atoms with van der Waals surface area (Å²) >= 11 is 0. The van der Waals surface area contributed by atoms with Crippen LogP contribution in [0.3, 0.4) is 0 Å². The fraction of sp³-hybridized carbons (Fsp3) is 0.643. The molecule has 7 heteroatoms. The SMILES string of the molecule is CCN1CCN(Cc2c[nH]c(C#N)c2)[C@@H]2CS(=O)(=O)C[C@@H]21. The van der Waals surface area contributed by atoms with Crippen molar-refractivity contribution in [1.82, 2.24) is 14.8 Å². The molecule has 0 radical (unpaired) electrons. The highest BCUT2D eigenvalue weighted by atomic mass is 32.2. The summed E-state index contributed by atoms with van der Waals surface area (Å²) in [4.78, 5) is 7.46. The fourth-order valence-electron chi connectivity index (χ4n) is 3.52. The van der Waals surface area contributed by atoms with E-state index in [2.05, 4.69) is 27.8 Å². The predicted octanol–water partition coefficient (Wildman–Crippen LogP) is 0.189. The Morgan fingerprint density at radius 2 is 2.00 bits per heavy atom. The molecule has 6 nitrogen and oxygen atoms in total. The average molecular weight is 308 g/mol. The molecule has 0 amide bonds. The van der Waals surface area contributed by atoms with Gasteiger partial charge in [-0.2, -0.15) is 5.26 Å². The van der Waals surface area contributed by atoms with Crippen LogP contribution < -0.4 is 0 Å². The second-order valence-corrected chi connectivity index (χ2v) is 8.00. The Labute approximate surface area is 125 Å². The summed E-state index contributed by atoms with van der Waals surface area (Å²) in [5, 5.41) is 8.86. The number of likely N-dealkylation sites (N-methyl/N-ethyl adjacent to an activating group) is 1. The van der Waals surface area contributed by atoms with E-state index in [0.717, 1.165) is 25.2 Å².